The van der Waals surface area contributed by atoms with Crippen molar-refractivity contribution in [3.05, 3.63) is 0 Å². The number of nitrogens with zero attached hydrogens (tertiary/aromatic N) is 1. The molecule has 0 amide bonds. The Bertz CT molecular complexity index is 906. The van der Waals surface area contributed by atoms with Gasteiger partial charge in [-0.05, 0) is 68.9 Å². The van der Waals surface area contributed by atoms with Crippen molar-refractivity contribution in [1.82, 2.24) is 16.0 Å². The van der Waals surface area contributed by atoms with E-state index < -0.39 is 23.1 Å². The van der Waals surface area contributed by atoms with E-state index in [0.29, 0.717) is 46.1 Å². The summed E-state index contributed by atoms with van der Waals surface area (Å²) in [4.78, 5) is 40.6. The summed E-state index contributed by atoms with van der Waals surface area (Å²) in [5, 5.41) is 18.1. The van der Waals surface area contributed by atoms with Crippen molar-refractivity contribution < 1.29 is 38.4 Å². The molecule has 0 spiro atoms. The van der Waals surface area contributed by atoms with E-state index in [1.807, 2.05) is 20.8 Å². The minimum absolute atomic E-state index is 0.0288. The summed E-state index contributed by atoms with van der Waals surface area (Å²) in [6.07, 6.45) is 1.24. The molecule has 1 aliphatic heterocycles. The number of carboxylic acids is 1. The van der Waals surface area contributed by atoms with Crippen molar-refractivity contribution in [1.29, 1.82) is 0 Å². The van der Waals surface area contributed by atoms with Gasteiger partial charge in [0.25, 0.3) is 0 Å². The zero-order valence-electron chi connectivity index (χ0n) is 27.3. The van der Waals surface area contributed by atoms with Gasteiger partial charge in [-0.1, -0.05) is 0 Å². The Hall–Kier alpha value is -1.80. The summed E-state index contributed by atoms with van der Waals surface area (Å²) in [7, 11) is 1.56. The van der Waals surface area contributed by atoms with Gasteiger partial charge in [0.15, 0.2) is 11.6 Å². The molecule has 0 aromatic carbocycles. The lowest BCUT2D eigenvalue weighted by molar-refractivity contribution is -0.139. The molecule has 0 aromatic rings. The lowest BCUT2D eigenvalue weighted by Crippen LogP contribution is -2.49. The number of carbonyl (C=O) groups excluding carboxylic acids is 2. The van der Waals surface area contributed by atoms with Gasteiger partial charge < -0.3 is 40.0 Å². The molecular formula is C30H56N4O8. The van der Waals surface area contributed by atoms with Crippen molar-refractivity contribution in [2.24, 2.45) is 4.99 Å². The van der Waals surface area contributed by atoms with Gasteiger partial charge in [-0.3, -0.25) is 19.4 Å². The minimum atomic E-state index is -0.972. The fourth-order valence-electron chi connectivity index (χ4n) is 4.48. The number of hydrogen-bond donors (Lipinski definition) is 4. The summed E-state index contributed by atoms with van der Waals surface area (Å²) in [5.74, 6) is -1.10. The van der Waals surface area contributed by atoms with Crippen LogP contribution in [0.4, 0.5) is 0 Å². The lowest BCUT2D eigenvalue weighted by Gasteiger charge is -2.28. The highest BCUT2D eigenvalue weighted by Gasteiger charge is 2.43. The molecule has 0 fully saturated rings. The summed E-state index contributed by atoms with van der Waals surface area (Å²) in [6.45, 7) is 18.8. The number of nitrogens with one attached hydrogen (secondary N) is 3. The van der Waals surface area contributed by atoms with Crippen LogP contribution in [0.5, 0.6) is 0 Å². The Labute approximate surface area is 252 Å². The molecule has 12 nitrogen and oxygen atoms in total. The first-order valence-electron chi connectivity index (χ1n) is 14.9. The first-order chi connectivity index (χ1) is 19.5. The number of carbonyl (C=O) groups is 3. The fourth-order valence-corrected chi connectivity index (χ4v) is 4.48. The Morgan fingerprint density at radius 3 is 1.86 bits per heavy atom. The predicted molar refractivity (Wildman–Crippen MR) is 163 cm³/mol. The number of ether oxygens (including phenoxy) is 4. The van der Waals surface area contributed by atoms with Crippen LogP contribution >= 0.6 is 0 Å². The molecule has 0 aliphatic carbocycles. The molecule has 2 unspecified atom stereocenters. The third-order valence-corrected chi connectivity index (χ3v) is 7.57. The summed E-state index contributed by atoms with van der Waals surface area (Å²) in [6, 6.07) is -0.745. The molecular weight excluding hydrogens is 544 g/mol. The van der Waals surface area contributed by atoms with Gasteiger partial charge in [0, 0.05) is 31.6 Å². The van der Waals surface area contributed by atoms with Gasteiger partial charge in [-0.2, -0.15) is 0 Å². The molecule has 1 rings (SSSR count). The molecule has 0 bridgehead atoms. The number of aliphatic imine (C=N–C) groups is 1. The summed E-state index contributed by atoms with van der Waals surface area (Å²) >= 11 is 0. The van der Waals surface area contributed by atoms with Crippen LogP contribution in [0.15, 0.2) is 4.99 Å². The predicted octanol–water partition coefficient (Wildman–Crippen LogP) is 1.78. The number of rotatable bonds is 26. The zero-order valence-corrected chi connectivity index (χ0v) is 27.3. The molecule has 0 saturated carbocycles. The van der Waals surface area contributed by atoms with Crippen LogP contribution < -0.4 is 16.0 Å². The smallest absolute Gasteiger partial charge is 0.320 e. The quantitative estimate of drug-likeness (QED) is 0.107. The number of hydrogen-bond acceptors (Lipinski definition) is 11. The number of likely N-dealkylation sites (N-methyl/N-ethyl adjacent to an activating group) is 1. The molecule has 2 atom stereocenters. The topological polar surface area (TPSA) is 157 Å². The Morgan fingerprint density at radius 1 is 0.857 bits per heavy atom. The van der Waals surface area contributed by atoms with Crippen molar-refractivity contribution in [2.45, 2.75) is 103 Å². The van der Waals surface area contributed by atoms with Crippen molar-refractivity contribution in [3.8, 4) is 0 Å². The van der Waals surface area contributed by atoms with Gasteiger partial charge in [0.05, 0.1) is 61.9 Å². The van der Waals surface area contributed by atoms with E-state index in [2.05, 4.69) is 41.7 Å². The highest BCUT2D eigenvalue weighted by Crippen LogP contribution is 2.36. The highest BCUT2D eigenvalue weighted by molar-refractivity contribution is 6.03. The Morgan fingerprint density at radius 2 is 1.36 bits per heavy atom. The monoisotopic (exact) mass is 600 g/mol. The van der Waals surface area contributed by atoms with E-state index in [-0.39, 0.29) is 48.8 Å². The van der Waals surface area contributed by atoms with Gasteiger partial charge in [-0.25, -0.2) is 0 Å². The van der Waals surface area contributed by atoms with Crippen LogP contribution in [0.1, 0.15) is 74.7 Å². The lowest BCUT2D eigenvalue weighted by atomic mass is 9.91. The van der Waals surface area contributed by atoms with E-state index >= 15 is 0 Å². The average Bonchev–Trinajstić information content (AvgIpc) is 3.48. The Balaban J connectivity index is 2.08. The number of aliphatic carboxylic acids is 1. The maximum atomic E-state index is 12.6. The maximum absolute atomic E-state index is 12.6. The molecule has 0 radical (unpaired) electrons. The standard InChI is InChI=1S/C30H56N4O8/c1-22-30(8,34-22)21-27(2,3)42-19-18-40-15-13-33-29(6,7)25(36)20-41-17-16-39-14-12-32-28(4,5)24(35)11-10-23(31-9)26(37)38/h23,31-33H,10-21H2,1-9H3,(H,37,38). The van der Waals surface area contributed by atoms with Crippen LogP contribution in [-0.4, -0.2) is 123 Å². The van der Waals surface area contributed by atoms with E-state index in [1.165, 1.54) is 5.71 Å². The number of Topliss-reactive ketones (excluding diaryl/α,β-unsaturated/α-hetero) is 2. The van der Waals surface area contributed by atoms with Crippen LogP contribution in [0.2, 0.25) is 0 Å². The van der Waals surface area contributed by atoms with Gasteiger partial charge in [0.1, 0.15) is 12.6 Å². The number of ketones is 2. The summed E-state index contributed by atoms with van der Waals surface area (Å²) in [5.41, 5.74) is -0.687. The highest BCUT2D eigenvalue weighted by atomic mass is 16.5. The van der Waals surface area contributed by atoms with Crippen molar-refractivity contribution >= 4 is 23.2 Å². The normalized spacial score (nSPS) is 18.1. The van der Waals surface area contributed by atoms with E-state index in [0.717, 1.165) is 6.42 Å². The van der Waals surface area contributed by atoms with E-state index in [4.69, 9.17) is 24.1 Å². The molecule has 244 valence electrons. The average molecular weight is 601 g/mol. The zero-order chi connectivity index (χ0) is 32.0. The van der Waals surface area contributed by atoms with Gasteiger partial charge in [0.2, 0.25) is 0 Å². The third kappa shape index (κ3) is 14.6. The van der Waals surface area contributed by atoms with Crippen LogP contribution in [0.3, 0.4) is 0 Å². The molecule has 0 aromatic heterocycles. The second-order valence-corrected chi connectivity index (χ2v) is 12.7. The third-order valence-electron chi connectivity index (χ3n) is 7.57. The van der Waals surface area contributed by atoms with E-state index in [9.17, 15) is 14.4 Å². The molecule has 12 heteroatoms. The second kappa shape index (κ2) is 17.5. The van der Waals surface area contributed by atoms with Crippen LogP contribution in [0.25, 0.3) is 0 Å². The van der Waals surface area contributed by atoms with Crippen LogP contribution in [-0.2, 0) is 33.3 Å². The first kappa shape index (κ1) is 38.2. The van der Waals surface area contributed by atoms with Crippen molar-refractivity contribution in [2.75, 3.05) is 66.4 Å². The molecule has 4 N–H and O–H groups in total. The minimum Gasteiger partial charge on any atom is -0.480 e. The second-order valence-electron chi connectivity index (χ2n) is 12.7. The maximum Gasteiger partial charge on any atom is 0.320 e. The first-order valence-corrected chi connectivity index (χ1v) is 14.9. The van der Waals surface area contributed by atoms with E-state index in [1.54, 1.807) is 20.9 Å². The number of carboxylic acid groups (broad SMARTS) is 1. The fraction of sp³-hybridized carbons (Fsp3) is 0.867. The van der Waals surface area contributed by atoms with Crippen molar-refractivity contribution in [3.63, 3.8) is 0 Å². The van der Waals surface area contributed by atoms with Gasteiger partial charge in [-0.15, -0.1) is 0 Å². The molecule has 0 saturated heterocycles. The Kier molecular flexibility index (Phi) is 15.9. The van der Waals surface area contributed by atoms with Gasteiger partial charge >= 0.3 is 5.97 Å². The SMILES string of the molecule is CNC(CCC(=O)C(C)(C)NCCOCCOCC(=O)C(C)(C)NCCOCCOC(C)(C)CC1(C)N=C1C)C(=O)O. The molecule has 42 heavy (non-hydrogen) atoms. The largest absolute Gasteiger partial charge is 0.480 e. The van der Waals surface area contributed by atoms with Crippen LogP contribution in [0, 0.1) is 0 Å². The molecule has 1 aliphatic rings. The summed E-state index contributed by atoms with van der Waals surface area (Å²) < 4.78 is 22.7. The molecule has 1 heterocycles.